The molecule has 0 saturated carbocycles. The van der Waals surface area contributed by atoms with E-state index in [0.29, 0.717) is 6.42 Å². The van der Waals surface area contributed by atoms with Gasteiger partial charge in [0, 0.05) is 25.5 Å². The molecule has 2 rings (SSSR count). The quantitative estimate of drug-likeness (QED) is 0.141. The molecule has 1 unspecified atom stereocenters. The molecule has 0 saturated heterocycles. The summed E-state index contributed by atoms with van der Waals surface area (Å²) < 4.78 is 10.1. The van der Waals surface area contributed by atoms with Crippen molar-refractivity contribution in [2.75, 3.05) is 20.3 Å². The number of carbonyl (C=O) groups is 5. The number of nitrogens with zero attached hydrogens (tertiary/aromatic N) is 1. The highest BCUT2D eigenvalue weighted by atomic mass is 16.5. The molecule has 12 nitrogen and oxygen atoms in total. The van der Waals surface area contributed by atoms with E-state index >= 15 is 0 Å². The Morgan fingerprint density at radius 1 is 0.891 bits per heavy atom. The third-order valence-electron chi connectivity index (χ3n) is 7.56. The first-order valence-corrected chi connectivity index (χ1v) is 15.6. The van der Waals surface area contributed by atoms with Crippen molar-refractivity contribution in [2.24, 2.45) is 17.6 Å². The lowest BCUT2D eigenvalue weighted by Gasteiger charge is -2.34. The highest BCUT2D eigenvalue weighted by Gasteiger charge is 2.41. The number of methoxy groups -OCH3 is 1. The van der Waals surface area contributed by atoms with Crippen molar-refractivity contribution < 1.29 is 38.6 Å². The monoisotopic (exact) mass is 640 g/mol. The smallest absolute Gasteiger partial charge is 0.408 e. The number of unbranched alkanes of at least 4 members (excludes halogenated alkanes) is 2. The molecule has 0 heterocycles. The summed E-state index contributed by atoms with van der Waals surface area (Å²) >= 11 is 0. The molecule has 46 heavy (non-hydrogen) atoms. The van der Waals surface area contributed by atoms with Crippen LogP contribution in [0.3, 0.4) is 0 Å². The Morgan fingerprint density at radius 3 is 2.07 bits per heavy atom. The Hall–Kier alpha value is -4.29. The van der Waals surface area contributed by atoms with Gasteiger partial charge in [-0.3, -0.25) is 19.3 Å². The largest absolute Gasteiger partial charge is 0.467 e. The van der Waals surface area contributed by atoms with Crippen LogP contribution >= 0.6 is 0 Å². The SMILES string of the molecule is COC(=O)[C@H](C(C)C)N(C(=O)CCCCCc1ccccc1)C(=O)[C@@H](N)C(CO)CNC(=O)[C@H](C)NC(=O)OCc1ccccc1. The summed E-state index contributed by atoms with van der Waals surface area (Å²) in [7, 11) is 1.17. The second-order valence-corrected chi connectivity index (χ2v) is 11.5. The number of ether oxygens (including phenoxy) is 2. The standard InChI is InChI=1S/C34H48N4O8/c1-23(2)30(33(43)45-4)38(28(40)19-13-7-10-16-25-14-8-5-9-15-25)32(42)29(35)27(21-39)20-36-31(41)24(3)37-34(44)46-22-26-17-11-6-12-18-26/h5-6,8-9,11-12,14-15,17-18,23-24,27,29-30,39H,7,10,13,16,19-22,35H2,1-4H3,(H,36,41)(H,37,44)/t24-,27?,29-,30-/m0/s1. The van der Waals surface area contributed by atoms with Gasteiger partial charge in [0.1, 0.15) is 18.7 Å². The minimum absolute atomic E-state index is 0.0115. The molecule has 0 radical (unpaired) electrons. The van der Waals surface area contributed by atoms with E-state index in [1.165, 1.54) is 19.6 Å². The van der Waals surface area contributed by atoms with Gasteiger partial charge in [-0.25, -0.2) is 9.59 Å². The first kappa shape index (κ1) is 37.9. The maximum atomic E-state index is 13.7. The van der Waals surface area contributed by atoms with E-state index in [-0.39, 0.29) is 19.6 Å². The minimum atomic E-state index is -1.43. The zero-order chi connectivity index (χ0) is 34.1. The van der Waals surface area contributed by atoms with Crippen molar-refractivity contribution >= 4 is 29.8 Å². The van der Waals surface area contributed by atoms with Crippen LogP contribution in [0.25, 0.3) is 0 Å². The number of amides is 4. The van der Waals surface area contributed by atoms with Gasteiger partial charge in [-0.2, -0.15) is 0 Å². The van der Waals surface area contributed by atoms with Crippen LogP contribution in [0.5, 0.6) is 0 Å². The Bertz CT molecular complexity index is 1260. The fraction of sp³-hybridized carbons (Fsp3) is 0.500. The van der Waals surface area contributed by atoms with Crippen molar-refractivity contribution in [3.05, 3.63) is 71.8 Å². The van der Waals surface area contributed by atoms with Crippen LogP contribution in [0.15, 0.2) is 60.7 Å². The fourth-order valence-corrected chi connectivity index (χ4v) is 4.82. The summed E-state index contributed by atoms with van der Waals surface area (Å²) in [6.07, 6.45) is 2.14. The zero-order valence-corrected chi connectivity index (χ0v) is 27.1. The van der Waals surface area contributed by atoms with E-state index in [1.54, 1.807) is 26.0 Å². The van der Waals surface area contributed by atoms with Gasteiger partial charge >= 0.3 is 12.1 Å². The van der Waals surface area contributed by atoms with E-state index in [2.05, 4.69) is 10.6 Å². The highest BCUT2D eigenvalue weighted by Crippen LogP contribution is 2.19. The third kappa shape index (κ3) is 12.2. The highest BCUT2D eigenvalue weighted by molar-refractivity contribution is 6.01. The average Bonchev–Trinajstić information content (AvgIpc) is 3.06. The number of rotatable bonds is 18. The summed E-state index contributed by atoms with van der Waals surface area (Å²) in [5, 5.41) is 15.1. The number of benzene rings is 2. The number of alkyl carbamates (subject to hydrolysis) is 1. The second kappa shape index (κ2) is 20.0. The number of esters is 1. The van der Waals surface area contributed by atoms with Crippen molar-refractivity contribution in [2.45, 2.75) is 77.6 Å². The first-order chi connectivity index (χ1) is 22.0. The number of aryl methyl sites for hydroxylation is 1. The Kier molecular flexibility index (Phi) is 16.4. The van der Waals surface area contributed by atoms with Crippen molar-refractivity contribution in [3.63, 3.8) is 0 Å². The fourth-order valence-electron chi connectivity index (χ4n) is 4.82. The molecule has 0 aliphatic rings. The van der Waals surface area contributed by atoms with Crippen molar-refractivity contribution in [1.29, 1.82) is 0 Å². The molecule has 0 bridgehead atoms. The van der Waals surface area contributed by atoms with Crippen LogP contribution < -0.4 is 16.4 Å². The topological polar surface area (TPSA) is 177 Å². The first-order valence-electron chi connectivity index (χ1n) is 15.6. The van der Waals surface area contributed by atoms with Gasteiger partial charge in [0.15, 0.2) is 0 Å². The number of imide groups is 1. The molecule has 12 heteroatoms. The molecule has 0 spiro atoms. The third-order valence-corrected chi connectivity index (χ3v) is 7.56. The van der Waals surface area contributed by atoms with Gasteiger partial charge in [-0.15, -0.1) is 0 Å². The lowest BCUT2D eigenvalue weighted by Crippen LogP contribution is -2.59. The second-order valence-electron chi connectivity index (χ2n) is 11.5. The van der Waals surface area contributed by atoms with E-state index < -0.39 is 66.4 Å². The molecule has 4 amide bonds. The molecule has 0 aliphatic heterocycles. The molecule has 252 valence electrons. The van der Waals surface area contributed by atoms with Crippen LogP contribution in [0.2, 0.25) is 0 Å². The molecule has 2 aromatic carbocycles. The molecule has 4 atom stereocenters. The van der Waals surface area contributed by atoms with Gasteiger partial charge in [0.05, 0.1) is 13.2 Å². The van der Waals surface area contributed by atoms with Crippen LogP contribution in [-0.2, 0) is 41.7 Å². The number of hydrogen-bond donors (Lipinski definition) is 4. The average molecular weight is 641 g/mol. The Morgan fingerprint density at radius 2 is 1.50 bits per heavy atom. The molecule has 2 aromatic rings. The number of hydrogen-bond acceptors (Lipinski definition) is 9. The number of nitrogens with two attached hydrogens (primary N) is 1. The molecule has 0 aromatic heterocycles. The van der Waals surface area contributed by atoms with Gasteiger partial charge in [-0.05, 0) is 43.2 Å². The summed E-state index contributed by atoms with van der Waals surface area (Å²) in [6, 6.07) is 15.3. The Balaban J connectivity index is 2.00. The predicted octanol–water partition coefficient (Wildman–Crippen LogP) is 2.71. The normalized spacial score (nSPS) is 13.5. The van der Waals surface area contributed by atoms with Crippen LogP contribution in [0, 0.1) is 11.8 Å². The summed E-state index contributed by atoms with van der Waals surface area (Å²) in [4.78, 5) is 65.6. The molecule has 0 fully saturated rings. The summed E-state index contributed by atoms with van der Waals surface area (Å²) in [5.74, 6) is -4.28. The van der Waals surface area contributed by atoms with Gasteiger partial charge in [0.25, 0.3) is 0 Å². The van der Waals surface area contributed by atoms with Gasteiger partial charge < -0.3 is 30.9 Å². The van der Waals surface area contributed by atoms with E-state index in [0.717, 1.165) is 29.7 Å². The van der Waals surface area contributed by atoms with E-state index in [9.17, 15) is 29.1 Å². The van der Waals surface area contributed by atoms with Gasteiger partial charge in [0.2, 0.25) is 17.7 Å². The van der Waals surface area contributed by atoms with Crippen LogP contribution in [0.4, 0.5) is 4.79 Å². The number of aliphatic hydroxyl groups is 1. The van der Waals surface area contributed by atoms with Crippen LogP contribution in [0.1, 0.15) is 57.6 Å². The number of nitrogens with one attached hydrogen (secondary N) is 2. The maximum Gasteiger partial charge on any atom is 0.408 e. The lowest BCUT2D eigenvalue weighted by molar-refractivity contribution is -0.163. The number of aliphatic hydroxyl groups excluding tert-OH is 1. The van der Waals surface area contributed by atoms with Gasteiger partial charge in [-0.1, -0.05) is 80.9 Å². The predicted molar refractivity (Wildman–Crippen MR) is 172 cm³/mol. The molecule has 5 N–H and O–H groups in total. The summed E-state index contributed by atoms with van der Waals surface area (Å²) in [5.41, 5.74) is 8.24. The van der Waals surface area contributed by atoms with E-state index in [1.807, 2.05) is 48.5 Å². The zero-order valence-electron chi connectivity index (χ0n) is 27.1. The minimum Gasteiger partial charge on any atom is -0.467 e. The number of carbonyl (C=O) groups excluding carboxylic acids is 5. The van der Waals surface area contributed by atoms with Crippen LogP contribution in [-0.4, -0.2) is 78.2 Å². The lowest BCUT2D eigenvalue weighted by atomic mass is 9.95. The summed E-state index contributed by atoms with van der Waals surface area (Å²) in [6.45, 7) is 4.01. The Labute approximate surface area is 271 Å². The van der Waals surface area contributed by atoms with Crippen molar-refractivity contribution in [1.82, 2.24) is 15.5 Å². The van der Waals surface area contributed by atoms with E-state index in [4.69, 9.17) is 15.2 Å². The molecule has 0 aliphatic carbocycles. The molecular formula is C34H48N4O8. The maximum absolute atomic E-state index is 13.7. The molecular weight excluding hydrogens is 592 g/mol. The van der Waals surface area contributed by atoms with Crippen molar-refractivity contribution in [3.8, 4) is 0 Å².